The molecule has 0 spiro atoms. The average molecular weight is 281 g/mol. The van der Waals surface area contributed by atoms with Crippen molar-refractivity contribution < 1.29 is 19.1 Å². The van der Waals surface area contributed by atoms with E-state index in [1.54, 1.807) is 33.8 Å². The van der Waals surface area contributed by atoms with E-state index in [-0.39, 0.29) is 12.2 Å². The topological polar surface area (TPSA) is 57.6 Å². The van der Waals surface area contributed by atoms with E-state index in [1.807, 2.05) is 0 Å². The molecule has 0 saturated carbocycles. The van der Waals surface area contributed by atoms with Gasteiger partial charge in [0.05, 0.1) is 5.69 Å². The van der Waals surface area contributed by atoms with E-state index in [1.165, 1.54) is 23.1 Å². The molecule has 0 aliphatic rings. The highest BCUT2D eigenvalue weighted by Crippen LogP contribution is 2.30. The van der Waals surface area contributed by atoms with Gasteiger partial charge in [0.25, 0.3) is 0 Å². The lowest BCUT2D eigenvalue weighted by molar-refractivity contribution is -0.150. The number of rotatable bonds is 4. The van der Waals surface area contributed by atoms with Crippen molar-refractivity contribution in [2.24, 2.45) is 11.3 Å². The maximum Gasteiger partial charge on any atom is 0.316 e. The number of para-hydroxylation sites is 1. The zero-order valence-corrected chi connectivity index (χ0v) is 12.2. The number of halogens is 1. The zero-order chi connectivity index (χ0) is 15.5. The fraction of sp³-hybridized carbons (Fsp3) is 0.467. The molecule has 0 radical (unpaired) electrons. The van der Waals surface area contributed by atoms with Gasteiger partial charge < -0.3 is 10.0 Å². The first kappa shape index (κ1) is 16.1. The SMILES string of the molecule is CCN(C(=O)C(C(=O)O)C(C)(C)C)c1ccccc1F. The summed E-state index contributed by atoms with van der Waals surface area (Å²) < 4.78 is 13.8. The second kappa shape index (κ2) is 6.03. The van der Waals surface area contributed by atoms with Gasteiger partial charge in [-0.25, -0.2) is 4.39 Å². The van der Waals surface area contributed by atoms with Gasteiger partial charge in [-0.2, -0.15) is 0 Å². The largest absolute Gasteiger partial charge is 0.481 e. The Morgan fingerprint density at radius 1 is 1.30 bits per heavy atom. The van der Waals surface area contributed by atoms with Crippen LogP contribution in [0.4, 0.5) is 10.1 Å². The van der Waals surface area contributed by atoms with E-state index in [2.05, 4.69) is 0 Å². The molecule has 20 heavy (non-hydrogen) atoms. The van der Waals surface area contributed by atoms with Crippen molar-refractivity contribution in [1.29, 1.82) is 0 Å². The lowest BCUT2D eigenvalue weighted by atomic mass is 9.79. The second-order valence-corrected chi connectivity index (χ2v) is 5.67. The summed E-state index contributed by atoms with van der Waals surface area (Å²) in [6.45, 7) is 6.93. The number of hydrogen-bond donors (Lipinski definition) is 1. The van der Waals surface area contributed by atoms with Crippen LogP contribution in [-0.2, 0) is 9.59 Å². The quantitative estimate of drug-likeness (QED) is 0.863. The number of carboxylic acids is 1. The van der Waals surface area contributed by atoms with Crippen LogP contribution in [0.1, 0.15) is 27.7 Å². The number of amides is 1. The van der Waals surface area contributed by atoms with E-state index in [0.717, 1.165) is 0 Å². The van der Waals surface area contributed by atoms with Crippen LogP contribution in [0.5, 0.6) is 0 Å². The third kappa shape index (κ3) is 3.35. The van der Waals surface area contributed by atoms with Crippen LogP contribution in [-0.4, -0.2) is 23.5 Å². The summed E-state index contributed by atoms with van der Waals surface area (Å²) in [5, 5.41) is 9.30. The van der Waals surface area contributed by atoms with Crippen LogP contribution in [0.25, 0.3) is 0 Å². The van der Waals surface area contributed by atoms with E-state index >= 15 is 0 Å². The van der Waals surface area contributed by atoms with Gasteiger partial charge in [-0.1, -0.05) is 32.9 Å². The Bertz CT molecular complexity index is 508. The fourth-order valence-electron chi connectivity index (χ4n) is 2.12. The van der Waals surface area contributed by atoms with Gasteiger partial charge in [0.2, 0.25) is 5.91 Å². The minimum atomic E-state index is -1.22. The summed E-state index contributed by atoms with van der Waals surface area (Å²) in [5.41, 5.74) is -0.641. The number of anilines is 1. The Morgan fingerprint density at radius 2 is 1.85 bits per heavy atom. The van der Waals surface area contributed by atoms with Crippen LogP contribution in [0.2, 0.25) is 0 Å². The first-order valence-electron chi connectivity index (χ1n) is 6.48. The van der Waals surface area contributed by atoms with Crippen molar-refractivity contribution in [3.63, 3.8) is 0 Å². The van der Waals surface area contributed by atoms with Gasteiger partial charge in [-0.3, -0.25) is 9.59 Å². The van der Waals surface area contributed by atoms with Crippen molar-refractivity contribution in [1.82, 2.24) is 0 Å². The molecule has 5 heteroatoms. The molecule has 0 bridgehead atoms. The maximum absolute atomic E-state index is 13.8. The van der Waals surface area contributed by atoms with Gasteiger partial charge in [0.1, 0.15) is 11.7 Å². The average Bonchev–Trinajstić information content (AvgIpc) is 2.30. The molecule has 1 N–H and O–H groups in total. The van der Waals surface area contributed by atoms with Crippen LogP contribution in [0.15, 0.2) is 24.3 Å². The highest BCUT2D eigenvalue weighted by Gasteiger charge is 2.40. The highest BCUT2D eigenvalue weighted by molar-refractivity contribution is 6.06. The smallest absolute Gasteiger partial charge is 0.316 e. The number of aliphatic carboxylic acids is 1. The summed E-state index contributed by atoms with van der Waals surface area (Å²) in [5.74, 6) is -3.56. The number of nitrogens with zero attached hydrogens (tertiary/aromatic N) is 1. The molecule has 0 aliphatic carbocycles. The standard InChI is InChI=1S/C15H20FNO3/c1-5-17(11-9-7-6-8-10(11)16)13(18)12(14(19)20)15(2,3)4/h6-9,12H,5H2,1-4H3,(H,19,20). The molecule has 0 aliphatic heterocycles. The number of benzene rings is 1. The molecule has 1 rings (SSSR count). The summed E-state index contributed by atoms with van der Waals surface area (Å²) in [6.07, 6.45) is 0. The summed E-state index contributed by atoms with van der Waals surface area (Å²) in [7, 11) is 0. The van der Waals surface area contributed by atoms with Crippen molar-refractivity contribution in [2.75, 3.05) is 11.4 Å². The molecule has 1 aromatic rings. The minimum absolute atomic E-state index is 0.107. The molecule has 1 aromatic carbocycles. The molecule has 110 valence electrons. The van der Waals surface area contributed by atoms with Gasteiger partial charge in [0, 0.05) is 6.54 Å². The Labute approximate surface area is 118 Å². The molecule has 1 unspecified atom stereocenters. The van der Waals surface area contributed by atoms with Crippen molar-refractivity contribution in [3.8, 4) is 0 Å². The van der Waals surface area contributed by atoms with Crippen molar-refractivity contribution in [3.05, 3.63) is 30.1 Å². The fourth-order valence-corrected chi connectivity index (χ4v) is 2.12. The van der Waals surface area contributed by atoms with Crippen LogP contribution < -0.4 is 4.90 Å². The molecular weight excluding hydrogens is 261 g/mol. The molecule has 1 amide bonds. The number of hydrogen-bond acceptors (Lipinski definition) is 2. The van der Waals surface area contributed by atoms with E-state index in [9.17, 15) is 19.1 Å². The van der Waals surface area contributed by atoms with Gasteiger partial charge in [-0.05, 0) is 24.5 Å². The Kier molecular flexibility index (Phi) is 4.87. The summed E-state index contributed by atoms with van der Waals surface area (Å²) in [6, 6.07) is 5.85. The Morgan fingerprint density at radius 3 is 2.25 bits per heavy atom. The maximum atomic E-state index is 13.8. The van der Waals surface area contributed by atoms with E-state index < -0.39 is 29.0 Å². The van der Waals surface area contributed by atoms with Crippen molar-refractivity contribution in [2.45, 2.75) is 27.7 Å². The first-order chi connectivity index (χ1) is 9.20. The Hall–Kier alpha value is -1.91. The molecule has 1 atom stereocenters. The number of carbonyl (C=O) groups is 2. The predicted molar refractivity (Wildman–Crippen MR) is 75.0 cm³/mol. The molecule has 0 saturated heterocycles. The van der Waals surface area contributed by atoms with Crippen molar-refractivity contribution >= 4 is 17.6 Å². The normalized spacial score (nSPS) is 12.8. The second-order valence-electron chi connectivity index (χ2n) is 5.67. The molecule has 0 fully saturated rings. The molecule has 0 aromatic heterocycles. The van der Waals surface area contributed by atoms with Gasteiger partial charge in [-0.15, -0.1) is 0 Å². The molecular formula is C15H20FNO3. The predicted octanol–water partition coefficient (Wildman–Crippen LogP) is 2.93. The third-order valence-electron chi connectivity index (χ3n) is 3.09. The third-order valence-corrected chi connectivity index (χ3v) is 3.09. The summed E-state index contributed by atoms with van der Waals surface area (Å²) in [4.78, 5) is 25.1. The van der Waals surface area contributed by atoms with Crippen LogP contribution in [0.3, 0.4) is 0 Å². The lowest BCUT2D eigenvalue weighted by Gasteiger charge is -2.31. The van der Waals surface area contributed by atoms with Crippen LogP contribution in [0, 0.1) is 17.2 Å². The monoisotopic (exact) mass is 281 g/mol. The van der Waals surface area contributed by atoms with E-state index in [0.29, 0.717) is 0 Å². The van der Waals surface area contributed by atoms with Gasteiger partial charge in [0.15, 0.2) is 0 Å². The highest BCUT2D eigenvalue weighted by atomic mass is 19.1. The lowest BCUT2D eigenvalue weighted by Crippen LogP contribution is -2.45. The zero-order valence-electron chi connectivity index (χ0n) is 12.2. The van der Waals surface area contributed by atoms with E-state index in [4.69, 9.17) is 0 Å². The number of carbonyl (C=O) groups excluding carboxylic acids is 1. The minimum Gasteiger partial charge on any atom is -0.481 e. The molecule has 4 nitrogen and oxygen atoms in total. The summed E-state index contributed by atoms with van der Waals surface area (Å²) >= 11 is 0. The molecule has 0 heterocycles. The van der Waals surface area contributed by atoms with Crippen LogP contribution >= 0.6 is 0 Å². The number of carboxylic acid groups (broad SMARTS) is 1. The Balaban J connectivity index is 3.21. The first-order valence-corrected chi connectivity index (χ1v) is 6.48. The van der Waals surface area contributed by atoms with Gasteiger partial charge >= 0.3 is 5.97 Å².